The van der Waals surface area contributed by atoms with Crippen molar-refractivity contribution in [3.63, 3.8) is 0 Å². The Bertz CT molecular complexity index is 430. The van der Waals surface area contributed by atoms with E-state index in [2.05, 4.69) is 16.3 Å². The van der Waals surface area contributed by atoms with Gasteiger partial charge >= 0.3 is 6.18 Å². The van der Waals surface area contributed by atoms with Gasteiger partial charge < -0.3 is 0 Å². The number of hydrogen-bond acceptors (Lipinski definition) is 1. The van der Waals surface area contributed by atoms with Crippen molar-refractivity contribution in [2.45, 2.75) is 6.18 Å². The van der Waals surface area contributed by atoms with Crippen LogP contribution in [0.1, 0.15) is 5.69 Å². The molecule has 0 amide bonds. The van der Waals surface area contributed by atoms with Crippen molar-refractivity contribution in [1.82, 2.24) is 10.2 Å². The van der Waals surface area contributed by atoms with Crippen LogP contribution >= 0.6 is 0 Å². The van der Waals surface area contributed by atoms with Crippen molar-refractivity contribution in [2.24, 2.45) is 0 Å². The molecule has 1 radical (unpaired) electrons. The summed E-state index contributed by atoms with van der Waals surface area (Å²) in [7, 11) is 0. The maximum atomic E-state index is 12.3. The fourth-order valence-electron chi connectivity index (χ4n) is 1.12. The molecule has 1 aromatic carbocycles. The van der Waals surface area contributed by atoms with E-state index >= 15 is 0 Å². The lowest BCUT2D eigenvalue weighted by Crippen LogP contribution is -2.05. The lowest BCUT2D eigenvalue weighted by molar-refractivity contribution is -0.139. The summed E-state index contributed by atoms with van der Waals surface area (Å²) in [4.78, 5) is 0. The summed E-state index contributed by atoms with van der Waals surface area (Å²) in [6.07, 6.45) is -4.40. The molecule has 0 spiro atoms. The van der Waals surface area contributed by atoms with Gasteiger partial charge in [-0.25, -0.2) is 0 Å². The number of H-pyrrole nitrogens is 1. The molecule has 2 aromatic rings. The zero-order valence-electron chi connectivity index (χ0n) is 6.31. The molecule has 1 heterocycles. The van der Waals surface area contributed by atoms with E-state index in [9.17, 15) is 13.2 Å². The first-order chi connectivity index (χ1) is 6.09. The van der Waals surface area contributed by atoms with Crippen molar-refractivity contribution in [2.75, 3.05) is 0 Å². The molecular weight excluding hydrogens is 181 g/mol. The van der Waals surface area contributed by atoms with Gasteiger partial charge in [0.05, 0.1) is 5.52 Å². The van der Waals surface area contributed by atoms with Crippen LogP contribution in [0.5, 0.6) is 0 Å². The molecule has 0 saturated heterocycles. The minimum absolute atomic E-state index is 0.0752. The zero-order valence-corrected chi connectivity index (χ0v) is 6.31. The van der Waals surface area contributed by atoms with E-state index in [0.29, 0.717) is 5.52 Å². The van der Waals surface area contributed by atoms with Crippen LogP contribution in [0.25, 0.3) is 10.9 Å². The number of rotatable bonds is 0. The molecule has 2 rings (SSSR count). The SMILES string of the molecule is FC(F)(F)c1n[nH]c2c[c]ccc12. The number of hydrogen-bond donors (Lipinski definition) is 1. The molecule has 5 heteroatoms. The van der Waals surface area contributed by atoms with E-state index in [0.717, 1.165) is 0 Å². The van der Waals surface area contributed by atoms with E-state index in [1.54, 1.807) is 0 Å². The Morgan fingerprint density at radius 1 is 1.38 bits per heavy atom. The fourth-order valence-corrected chi connectivity index (χ4v) is 1.12. The summed E-state index contributed by atoms with van der Waals surface area (Å²) < 4.78 is 36.8. The highest BCUT2D eigenvalue weighted by atomic mass is 19.4. The Kier molecular flexibility index (Phi) is 1.55. The second-order valence-electron chi connectivity index (χ2n) is 2.54. The predicted octanol–water partition coefficient (Wildman–Crippen LogP) is 2.38. The summed E-state index contributed by atoms with van der Waals surface area (Å²) in [5.41, 5.74) is -0.536. The van der Waals surface area contributed by atoms with Gasteiger partial charge in [0.15, 0.2) is 5.69 Å². The van der Waals surface area contributed by atoms with Gasteiger partial charge in [-0.2, -0.15) is 18.3 Å². The van der Waals surface area contributed by atoms with Crippen LogP contribution in [0.15, 0.2) is 18.2 Å². The highest BCUT2D eigenvalue weighted by Crippen LogP contribution is 2.32. The van der Waals surface area contributed by atoms with Gasteiger partial charge in [-0.3, -0.25) is 5.10 Å². The Hall–Kier alpha value is -1.52. The lowest BCUT2D eigenvalue weighted by atomic mass is 10.2. The normalized spacial score (nSPS) is 12.2. The Balaban J connectivity index is 2.72. The van der Waals surface area contributed by atoms with Crippen LogP contribution < -0.4 is 0 Å². The highest BCUT2D eigenvalue weighted by Gasteiger charge is 2.35. The number of benzene rings is 1. The maximum Gasteiger partial charge on any atom is 0.435 e. The maximum absolute atomic E-state index is 12.3. The smallest absolute Gasteiger partial charge is 0.277 e. The largest absolute Gasteiger partial charge is 0.435 e. The Labute approximate surface area is 71.4 Å². The van der Waals surface area contributed by atoms with Crippen molar-refractivity contribution < 1.29 is 13.2 Å². The van der Waals surface area contributed by atoms with Crippen LogP contribution in [-0.2, 0) is 6.18 Å². The van der Waals surface area contributed by atoms with E-state index < -0.39 is 11.9 Å². The molecule has 0 aliphatic heterocycles. The molecule has 0 unspecified atom stereocenters. The summed E-state index contributed by atoms with van der Waals surface area (Å²) in [5.74, 6) is 0. The van der Waals surface area contributed by atoms with Crippen LogP contribution in [0.4, 0.5) is 13.2 Å². The molecule has 0 aliphatic rings. The third kappa shape index (κ3) is 1.26. The minimum atomic E-state index is -4.40. The Morgan fingerprint density at radius 3 is 2.85 bits per heavy atom. The quantitative estimate of drug-likeness (QED) is 0.670. The average molecular weight is 185 g/mol. The molecule has 1 N–H and O–H groups in total. The van der Waals surface area contributed by atoms with Gasteiger partial charge in [-0.1, -0.05) is 6.07 Å². The number of nitrogens with one attached hydrogen (secondary N) is 1. The Morgan fingerprint density at radius 2 is 2.15 bits per heavy atom. The average Bonchev–Trinajstić information content (AvgIpc) is 2.45. The number of halogens is 3. The fraction of sp³-hybridized carbons (Fsp3) is 0.125. The number of aromatic nitrogens is 2. The molecular formula is C8H4F3N2. The molecule has 1 aromatic heterocycles. The summed E-state index contributed by atoms with van der Waals surface area (Å²) in [6, 6.07) is 6.85. The van der Waals surface area contributed by atoms with Gasteiger partial charge in [0.2, 0.25) is 0 Å². The first-order valence-corrected chi connectivity index (χ1v) is 3.50. The minimum Gasteiger partial charge on any atom is -0.277 e. The van der Waals surface area contributed by atoms with Crippen LogP contribution in [0.2, 0.25) is 0 Å². The van der Waals surface area contributed by atoms with Crippen LogP contribution in [0.3, 0.4) is 0 Å². The van der Waals surface area contributed by atoms with Crippen LogP contribution in [-0.4, -0.2) is 10.2 Å². The second-order valence-corrected chi connectivity index (χ2v) is 2.54. The topological polar surface area (TPSA) is 28.7 Å². The van der Waals surface area contributed by atoms with E-state index in [-0.39, 0.29) is 5.39 Å². The molecule has 0 bridgehead atoms. The number of nitrogens with zero attached hydrogens (tertiary/aromatic N) is 1. The number of fused-ring (bicyclic) bond motifs is 1. The van der Waals surface area contributed by atoms with Crippen molar-refractivity contribution in [3.05, 3.63) is 30.0 Å². The van der Waals surface area contributed by atoms with Gasteiger partial charge in [0.1, 0.15) is 0 Å². The lowest BCUT2D eigenvalue weighted by Gasteiger charge is -2.00. The second kappa shape index (κ2) is 2.48. The van der Waals surface area contributed by atoms with Crippen molar-refractivity contribution >= 4 is 10.9 Å². The number of aromatic amines is 1. The molecule has 2 nitrogen and oxygen atoms in total. The number of alkyl halides is 3. The first kappa shape index (κ1) is 8.10. The predicted molar refractivity (Wildman–Crippen MR) is 39.9 cm³/mol. The summed E-state index contributed by atoms with van der Waals surface area (Å²) in [6.45, 7) is 0. The molecule has 0 saturated carbocycles. The van der Waals surface area contributed by atoms with Gasteiger partial charge in [0.25, 0.3) is 0 Å². The van der Waals surface area contributed by atoms with Gasteiger partial charge in [-0.05, 0) is 18.2 Å². The molecule has 0 aliphatic carbocycles. The monoisotopic (exact) mass is 185 g/mol. The third-order valence-corrected chi connectivity index (χ3v) is 1.68. The first-order valence-electron chi connectivity index (χ1n) is 3.50. The van der Waals surface area contributed by atoms with E-state index in [4.69, 9.17) is 0 Å². The molecule has 0 atom stereocenters. The zero-order chi connectivity index (χ0) is 9.47. The third-order valence-electron chi connectivity index (χ3n) is 1.68. The standard InChI is InChI=1S/C8H4F3N2/c9-8(10,11)7-5-3-1-2-4-6(5)12-13-7/h1,3-4H,(H,12,13). The molecule has 67 valence electrons. The van der Waals surface area contributed by atoms with Gasteiger partial charge in [-0.15, -0.1) is 0 Å². The molecule has 13 heavy (non-hydrogen) atoms. The van der Waals surface area contributed by atoms with E-state index in [1.165, 1.54) is 18.2 Å². The van der Waals surface area contributed by atoms with E-state index in [1.807, 2.05) is 0 Å². The summed E-state index contributed by atoms with van der Waals surface area (Å²) >= 11 is 0. The van der Waals surface area contributed by atoms with Crippen molar-refractivity contribution in [3.8, 4) is 0 Å². The van der Waals surface area contributed by atoms with Crippen LogP contribution in [0, 0.1) is 6.07 Å². The summed E-state index contributed by atoms with van der Waals surface area (Å²) in [5, 5.41) is 5.57. The van der Waals surface area contributed by atoms with Crippen molar-refractivity contribution in [1.29, 1.82) is 0 Å². The molecule has 0 fully saturated rings. The highest BCUT2D eigenvalue weighted by molar-refractivity contribution is 5.81. The van der Waals surface area contributed by atoms with Gasteiger partial charge in [0, 0.05) is 5.39 Å².